The van der Waals surface area contributed by atoms with E-state index in [1.807, 2.05) is 0 Å². The molecule has 0 spiro atoms. The Morgan fingerprint density at radius 3 is 2.56 bits per heavy atom. The van der Waals surface area contributed by atoms with Crippen molar-refractivity contribution < 1.29 is 27.2 Å². The summed E-state index contributed by atoms with van der Waals surface area (Å²) in [6.45, 7) is -1.14. The number of halogens is 4. The van der Waals surface area contributed by atoms with E-state index in [9.17, 15) is 27.7 Å². The minimum atomic E-state index is -2.87. The zero-order valence-electron chi connectivity index (χ0n) is 9.05. The largest absolute Gasteiger partial charge is 0.484 e. The first-order valence-electron chi connectivity index (χ1n) is 4.63. The third-order valence-electron chi connectivity index (χ3n) is 1.95. The molecule has 1 rings (SSSR count). The highest BCUT2D eigenvalue weighted by atomic mass is 19.3. The zero-order chi connectivity index (χ0) is 13.9. The van der Waals surface area contributed by atoms with Gasteiger partial charge in [0, 0.05) is 13.1 Å². The van der Waals surface area contributed by atoms with E-state index in [2.05, 4.69) is 10.1 Å². The lowest BCUT2D eigenvalue weighted by Gasteiger charge is -2.10. The molecule has 0 aliphatic rings. The van der Waals surface area contributed by atoms with Crippen molar-refractivity contribution in [1.82, 2.24) is 0 Å². The Morgan fingerprint density at radius 1 is 1.50 bits per heavy atom. The van der Waals surface area contributed by atoms with E-state index in [0.717, 1.165) is 7.05 Å². The molecule has 0 aliphatic carbocycles. The van der Waals surface area contributed by atoms with Gasteiger partial charge in [0.2, 0.25) is 5.82 Å². The topological polar surface area (TPSA) is 64.4 Å². The third-order valence-corrected chi connectivity index (χ3v) is 1.95. The summed E-state index contributed by atoms with van der Waals surface area (Å²) in [4.78, 5) is 9.41. The minimum Gasteiger partial charge on any atom is -0.484 e. The number of hydrogen-bond acceptors (Lipinski definition) is 4. The van der Waals surface area contributed by atoms with E-state index in [1.165, 1.54) is 0 Å². The first kappa shape index (κ1) is 14.0. The molecular weight excluding hydrogens is 260 g/mol. The standard InChI is InChI=1S/C9H8F4N2O3/c1-14-8-7(13)5(18-3-6(11)12)2-4(10)9(8)15(16)17/h2,6,14H,3H2,1H3. The van der Waals surface area contributed by atoms with Crippen LogP contribution in [-0.2, 0) is 0 Å². The summed E-state index contributed by atoms with van der Waals surface area (Å²) in [6.07, 6.45) is -2.87. The molecule has 1 N–H and O–H groups in total. The summed E-state index contributed by atoms with van der Waals surface area (Å²) < 4.78 is 55.0. The predicted octanol–water partition coefficient (Wildman–Crippen LogP) is 2.56. The van der Waals surface area contributed by atoms with Crippen molar-refractivity contribution in [2.24, 2.45) is 0 Å². The SMILES string of the molecule is CNc1c(F)c(OCC(F)F)cc(F)c1[N+](=O)[O-]. The molecule has 0 bridgehead atoms. The lowest BCUT2D eigenvalue weighted by atomic mass is 10.2. The Kier molecular flexibility index (Phi) is 4.29. The lowest BCUT2D eigenvalue weighted by molar-refractivity contribution is -0.386. The van der Waals surface area contributed by atoms with Crippen molar-refractivity contribution >= 4 is 11.4 Å². The monoisotopic (exact) mass is 268 g/mol. The molecule has 1 aromatic carbocycles. The van der Waals surface area contributed by atoms with Crippen LogP contribution in [0.3, 0.4) is 0 Å². The normalized spacial score (nSPS) is 10.6. The van der Waals surface area contributed by atoms with Gasteiger partial charge in [-0.25, -0.2) is 13.2 Å². The summed E-state index contributed by atoms with van der Waals surface area (Å²) >= 11 is 0. The van der Waals surface area contributed by atoms with Gasteiger partial charge in [-0.15, -0.1) is 0 Å². The molecule has 0 saturated carbocycles. The first-order chi connectivity index (χ1) is 8.38. The Balaban J connectivity index is 3.24. The van der Waals surface area contributed by atoms with Crippen LogP contribution in [0.5, 0.6) is 5.75 Å². The Morgan fingerprint density at radius 2 is 2.11 bits per heavy atom. The zero-order valence-corrected chi connectivity index (χ0v) is 9.05. The molecule has 0 radical (unpaired) electrons. The predicted molar refractivity (Wildman–Crippen MR) is 54.1 cm³/mol. The molecule has 0 amide bonds. The number of hydrogen-bond donors (Lipinski definition) is 1. The molecule has 0 aliphatic heterocycles. The molecule has 9 heteroatoms. The van der Waals surface area contributed by atoms with Gasteiger partial charge in [0.05, 0.1) is 4.92 Å². The van der Waals surface area contributed by atoms with Gasteiger partial charge >= 0.3 is 5.69 Å². The number of nitrogens with one attached hydrogen (secondary N) is 1. The number of nitro benzene ring substituents is 1. The van der Waals surface area contributed by atoms with Gasteiger partial charge in [0.25, 0.3) is 6.43 Å². The Hall–Kier alpha value is -2.06. The molecule has 0 aromatic heterocycles. The average Bonchev–Trinajstić information content (AvgIpc) is 2.28. The number of benzene rings is 1. The molecule has 0 atom stereocenters. The number of nitrogens with zero attached hydrogens (tertiary/aromatic N) is 1. The third kappa shape index (κ3) is 2.79. The van der Waals surface area contributed by atoms with Gasteiger partial charge in [-0.1, -0.05) is 0 Å². The average molecular weight is 268 g/mol. The van der Waals surface area contributed by atoms with Crippen molar-refractivity contribution in [1.29, 1.82) is 0 Å². The fraction of sp³-hybridized carbons (Fsp3) is 0.333. The molecule has 0 saturated heterocycles. The van der Waals surface area contributed by atoms with E-state index >= 15 is 0 Å². The van der Waals surface area contributed by atoms with Crippen LogP contribution in [0.1, 0.15) is 0 Å². The second kappa shape index (κ2) is 5.52. The number of ether oxygens (including phenoxy) is 1. The van der Waals surface area contributed by atoms with Crippen LogP contribution in [0, 0.1) is 21.7 Å². The molecule has 0 unspecified atom stereocenters. The maximum absolute atomic E-state index is 13.6. The van der Waals surface area contributed by atoms with Crippen LogP contribution in [0.15, 0.2) is 6.07 Å². The van der Waals surface area contributed by atoms with Gasteiger partial charge in [0.1, 0.15) is 6.61 Å². The molecule has 0 heterocycles. The van der Waals surface area contributed by atoms with Crippen LogP contribution in [0.4, 0.5) is 28.9 Å². The van der Waals surface area contributed by atoms with E-state index in [1.54, 1.807) is 0 Å². The van der Waals surface area contributed by atoms with E-state index < -0.39 is 46.7 Å². The van der Waals surface area contributed by atoms with Crippen molar-refractivity contribution in [3.05, 3.63) is 27.8 Å². The first-order valence-corrected chi connectivity index (χ1v) is 4.63. The summed E-state index contributed by atoms with van der Waals surface area (Å²) in [5, 5.41) is 12.6. The molecule has 18 heavy (non-hydrogen) atoms. The van der Waals surface area contributed by atoms with Crippen molar-refractivity contribution in [2.75, 3.05) is 19.0 Å². The highest BCUT2D eigenvalue weighted by molar-refractivity contribution is 5.65. The van der Waals surface area contributed by atoms with E-state index in [4.69, 9.17) is 0 Å². The van der Waals surface area contributed by atoms with Gasteiger partial charge in [0.15, 0.2) is 17.3 Å². The van der Waals surface area contributed by atoms with E-state index in [-0.39, 0.29) is 0 Å². The fourth-order valence-electron chi connectivity index (χ4n) is 1.26. The van der Waals surface area contributed by atoms with Crippen LogP contribution < -0.4 is 10.1 Å². The maximum Gasteiger partial charge on any atom is 0.330 e. The number of rotatable bonds is 5. The highest BCUT2D eigenvalue weighted by Gasteiger charge is 2.27. The second-order valence-corrected chi connectivity index (χ2v) is 3.10. The lowest BCUT2D eigenvalue weighted by Crippen LogP contribution is -2.10. The molecule has 1 aromatic rings. The summed E-state index contributed by atoms with van der Waals surface area (Å²) in [5.74, 6) is -3.50. The number of alkyl halides is 2. The fourth-order valence-corrected chi connectivity index (χ4v) is 1.26. The quantitative estimate of drug-likeness (QED) is 0.506. The van der Waals surface area contributed by atoms with Crippen LogP contribution in [-0.4, -0.2) is 25.0 Å². The van der Waals surface area contributed by atoms with Gasteiger partial charge in [-0.05, 0) is 0 Å². The van der Waals surface area contributed by atoms with Crippen LogP contribution in [0.2, 0.25) is 0 Å². The summed E-state index contributed by atoms with van der Waals surface area (Å²) in [6, 6.07) is 0.358. The van der Waals surface area contributed by atoms with E-state index in [0.29, 0.717) is 6.07 Å². The van der Waals surface area contributed by atoms with Crippen molar-refractivity contribution in [3.63, 3.8) is 0 Å². The number of nitro groups is 1. The van der Waals surface area contributed by atoms with Crippen LogP contribution >= 0.6 is 0 Å². The van der Waals surface area contributed by atoms with Crippen molar-refractivity contribution in [2.45, 2.75) is 6.43 Å². The van der Waals surface area contributed by atoms with Crippen molar-refractivity contribution in [3.8, 4) is 5.75 Å². The van der Waals surface area contributed by atoms with Gasteiger partial charge < -0.3 is 10.1 Å². The molecular formula is C9H8F4N2O3. The Bertz CT molecular complexity index is 468. The summed E-state index contributed by atoms with van der Waals surface area (Å²) in [5.41, 5.74) is -1.87. The minimum absolute atomic E-state index is 0.358. The maximum atomic E-state index is 13.6. The second-order valence-electron chi connectivity index (χ2n) is 3.10. The number of anilines is 1. The molecule has 100 valence electrons. The van der Waals surface area contributed by atoms with Crippen LogP contribution in [0.25, 0.3) is 0 Å². The molecule has 5 nitrogen and oxygen atoms in total. The van der Waals surface area contributed by atoms with Gasteiger partial charge in [-0.3, -0.25) is 10.1 Å². The van der Waals surface area contributed by atoms with Gasteiger partial charge in [-0.2, -0.15) is 4.39 Å². The highest BCUT2D eigenvalue weighted by Crippen LogP contribution is 2.36. The Labute approximate surface area is 98.5 Å². The molecule has 0 fully saturated rings. The smallest absolute Gasteiger partial charge is 0.330 e. The summed E-state index contributed by atoms with van der Waals surface area (Å²) in [7, 11) is 1.13.